The Hall–Kier alpha value is -6.84. The molecule has 2 aromatic heterocycles. The van der Waals surface area contributed by atoms with Crippen LogP contribution in [0.3, 0.4) is 0 Å². The lowest BCUT2D eigenvalue weighted by Crippen LogP contribution is -2.09. The van der Waals surface area contributed by atoms with E-state index in [4.69, 9.17) is 8.83 Å². The number of furan rings is 2. The molecule has 238 valence electrons. The third kappa shape index (κ3) is 4.32. The van der Waals surface area contributed by atoms with Crippen LogP contribution in [0.4, 0.5) is 17.1 Å². The molecule has 0 N–H and O–H groups in total. The van der Waals surface area contributed by atoms with Crippen LogP contribution in [0, 0.1) is 0 Å². The Kier molecular flexibility index (Phi) is 5.96. The Bertz CT molecular complexity index is 3150. The van der Waals surface area contributed by atoms with Crippen molar-refractivity contribution in [3.63, 3.8) is 0 Å². The molecule has 0 fully saturated rings. The molecule has 0 amide bonds. The summed E-state index contributed by atoms with van der Waals surface area (Å²) in [7, 11) is 0. The highest BCUT2D eigenvalue weighted by atomic mass is 16.3. The lowest BCUT2D eigenvalue weighted by Gasteiger charge is -2.26. The van der Waals surface area contributed by atoms with Gasteiger partial charge in [-0.1, -0.05) is 121 Å². The van der Waals surface area contributed by atoms with Crippen molar-refractivity contribution < 1.29 is 8.83 Å². The van der Waals surface area contributed by atoms with Gasteiger partial charge in [-0.3, -0.25) is 0 Å². The Morgan fingerprint density at radius 2 is 0.863 bits per heavy atom. The second kappa shape index (κ2) is 10.8. The number of nitrogens with zero attached hydrogens (tertiary/aromatic N) is 1. The third-order valence-electron chi connectivity index (χ3n) is 10.4. The van der Waals surface area contributed by atoms with Crippen LogP contribution in [0.5, 0.6) is 0 Å². The fourth-order valence-electron chi connectivity index (χ4n) is 7.97. The maximum atomic E-state index is 6.66. The van der Waals surface area contributed by atoms with Crippen molar-refractivity contribution in [3.8, 4) is 11.1 Å². The molecule has 0 saturated heterocycles. The molecular weight excluding hydrogens is 623 g/mol. The van der Waals surface area contributed by atoms with Crippen molar-refractivity contribution in [3.05, 3.63) is 176 Å². The molecule has 11 rings (SSSR count). The number of anilines is 3. The summed E-state index contributed by atoms with van der Waals surface area (Å²) >= 11 is 0. The van der Waals surface area contributed by atoms with Gasteiger partial charge in [-0.25, -0.2) is 0 Å². The van der Waals surface area contributed by atoms with Crippen molar-refractivity contribution in [2.75, 3.05) is 4.90 Å². The number of hydrogen-bond donors (Lipinski definition) is 0. The van der Waals surface area contributed by atoms with E-state index in [1.165, 1.54) is 26.9 Å². The van der Waals surface area contributed by atoms with Crippen molar-refractivity contribution in [2.24, 2.45) is 0 Å². The normalized spacial score (nSPS) is 11.9. The predicted octanol–water partition coefficient (Wildman–Crippen LogP) is 14.1. The van der Waals surface area contributed by atoms with Crippen LogP contribution in [0.25, 0.3) is 87.3 Å². The van der Waals surface area contributed by atoms with Gasteiger partial charge in [0.05, 0.1) is 0 Å². The van der Waals surface area contributed by atoms with E-state index < -0.39 is 0 Å². The molecule has 3 heteroatoms. The highest BCUT2D eigenvalue weighted by Gasteiger charge is 2.18. The zero-order chi connectivity index (χ0) is 33.5. The Labute approximate surface area is 293 Å². The summed E-state index contributed by atoms with van der Waals surface area (Å²) in [5, 5.41) is 11.7. The SMILES string of the molecule is c1ccc2c(c1)ccc1ccc(N(c3ccc(-c4cccc5c4oc4ccccc45)cc3)c3ccc4c(c3)oc3c5ccccc5ccc43)cc12. The van der Waals surface area contributed by atoms with Gasteiger partial charge in [-0.2, -0.15) is 0 Å². The van der Waals surface area contributed by atoms with Crippen molar-refractivity contribution in [1.29, 1.82) is 0 Å². The van der Waals surface area contributed by atoms with Crippen LogP contribution in [0.2, 0.25) is 0 Å². The van der Waals surface area contributed by atoms with Crippen LogP contribution in [0.15, 0.2) is 185 Å². The molecule has 2 heterocycles. The molecule has 0 aliphatic heterocycles. The monoisotopic (exact) mass is 651 g/mol. The van der Waals surface area contributed by atoms with Crippen molar-refractivity contribution in [2.45, 2.75) is 0 Å². The number of fused-ring (bicyclic) bond motifs is 11. The maximum Gasteiger partial charge on any atom is 0.143 e. The largest absolute Gasteiger partial charge is 0.455 e. The van der Waals surface area contributed by atoms with Crippen molar-refractivity contribution >= 4 is 93.3 Å². The second-order valence-electron chi connectivity index (χ2n) is 13.3. The molecular formula is C48H29NO2. The first-order valence-corrected chi connectivity index (χ1v) is 17.3. The molecule has 51 heavy (non-hydrogen) atoms. The quantitative estimate of drug-likeness (QED) is 0.177. The molecule has 0 spiro atoms. The number of para-hydroxylation sites is 2. The fraction of sp³-hybridized carbons (Fsp3) is 0. The molecule has 0 radical (unpaired) electrons. The first-order valence-electron chi connectivity index (χ1n) is 17.3. The average molecular weight is 652 g/mol. The van der Waals surface area contributed by atoms with E-state index in [9.17, 15) is 0 Å². The molecule has 0 unspecified atom stereocenters. The molecule has 9 aromatic carbocycles. The van der Waals surface area contributed by atoms with E-state index in [2.05, 4.69) is 169 Å². The summed E-state index contributed by atoms with van der Waals surface area (Å²) in [5.41, 5.74) is 8.94. The van der Waals surface area contributed by atoms with Crippen molar-refractivity contribution in [1.82, 2.24) is 0 Å². The summed E-state index contributed by atoms with van der Waals surface area (Å²) in [6.45, 7) is 0. The lowest BCUT2D eigenvalue weighted by molar-refractivity contribution is 0.670. The third-order valence-corrected chi connectivity index (χ3v) is 10.4. The Morgan fingerprint density at radius 3 is 1.73 bits per heavy atom. The van der Waals surface area contributed by atoms with Gasteiger partial charge in [0.25, 0.3) is 0 Å². The van der Waals surface area contributed by atoms with Gasteiger partial charge in [0.15, 0.2) is 0 Å². The first kappa shape index (κ1) is 28.0. The molecule has 0 aliphatic rings. The minimum absolute atomic E-state index is 0.864. The van der Waals surface area contributed by atoms with E-state index in [0.29, 0.717) is 0 Å². The van der Waals surface area contributed by atoms with E-state index in [0.717, 1.165) is 77.5 Å². The van der Waals surface area contributed by atoms with Gasteiger partial charge >= 0.3 is 0 Å². The van der Waals surface area contributed by atoms with E-state index >= 15 is 0 Å². The summed E-state index contributed by atoms with van der Waals surface area (Å²) in [5.74, 6) is 0. The summed E-state index contributed by atoms with van der Waals surface area (Å²) in [6.07, 6.45) is 0. The van der Waals surface area contributed by atoms with Gasteiger partial charge in [0, 0.05) is 55.6 Å². The highest BCUT2D eigenvalue weighted by Crippen LogP contribution is 2.43. The van der Waals surface area contributed by atoms with Crippen LogP contribution >= 0.6 is 0 Å². The number of rotatable bonds is 4. The van der Waals surface area contributed by atoms with Gasteiger partial charge < -0.3 is 13.7 Å². The number of hydrogen-bond acceptors (Lipinski definition) is 3. The zero-order valence-electron chi connectivity index (χ0n) is 27.5. The Balaban J connectivity index is 1.10. The molecule has 11 aromatic rings. The van der Waals surface area contributed by atoms with Gasteiger partial charge in [-0.15, -0.1) is 0 Å². The van der Waals surface area contributed by atoms with Crippen LogP contribution in [-0.4, -0.2) is 0 Å². The summed E-state index contributed by atoms with van der Waals surface area (Å²) in [6, 6.07) is 62.6. The molecule has 0 saturated carbocycles. The predicted molar refractivity (Wildman–Crippen MR) is 214 cm³/mol. The maximum absolute atomic E-state index is 6.66. The average Bonchev–Trinajstić information content (AvgIpc) is 3.77. The van der Waals surface area contributed by atoms with E-state index in [1.54, 1.807) is 0 Å². The van der Waals surface area contributed by atoms with Gasteiger partial charge in [0.2, 0.25) is 0 Å². The summed E-state index contributed by atoms with van der Waals surface area (Å²) < 4.78 is 13.1. The first-order chi connectivity index (χ1) is 25.3. The molecule has 0 bridgehead atoms. The molecule has 3 nitrogen and oxygen atoms in total. The highest BCUT2D eigenvalue weighted by molar-refractivity contribution is 6.16. The molecule has 0 atom stereocenters. The lowest BCUT2D eigenvalue weighted by atomic mass is 10.00. The van der Waals surface area contributed by atoms with Crippen LogP contribution < -0.4 is 4.90 Å². The van der Waals surface area contributed by atoms with Crippen LogP contribution in [-0.2, 0) is 0 Å². The van der Waals surface area contributed by atoms with Gasteiger partial charge in [-0.05, 0) is 81.0 Å². The van der Waals surface area contributed by atoms with Gasteiger partial charge in [0.1, 0.15) is 22.3 Å². The number of benzene rings is 9. The zero-order valence-corrected chi connectivity index (χ0v) is 27.5. The minimum atomic E-state index is 0.864. The van der Waals surface area contributed by atoms with E-state index in [1.807, 2.05) is 12.1 Å². The fourth-order valence-corrected chi connectivity index (χ4v) is 7.97. The minimum Gasteiger partial charge on any atom is -0.455 e. The smallest absolute Gasteiger partial charge is 0.143 e. The summed E-state index contributed by atoms with van der Waals surface area (Å²) in [4.78, 5) is 2.33. The van der Waals surface area contributed by atoms with E-state index in [-0.39, 0.29) is 0 Å². The topological polar surface area (TPSA) is 29.5 Å². The van der Waals surface area contributed by atoms with Crippen LogP contribution in [0.1, 0.15) is 0 Å². The second-order valence-corrected chi connectivity index (χ2v) is 13.3. The standard InChI is InChI=1S/C48H29NO2/c1-3-10-37-30(8-1)16-17-33-20-24-35(28-44(33)37)49(36-25-27-41-43-26-21-31-9-2-4-11-38(31)48(43)51-46(41)29-36)34-22-18-32(19-23-34)39-13-7-14-42-40-12-5-6-15-45(40)50-47(39)42/h1-29H. The molecule has 0 aliphatic carbocycles. The Morgan fingerprint density at radius 1 is 0.314 bits per heavy atom.